The summed E-state index contributed by atoms with van der Waals surface area (Å²) in [4.78, 5) is 0. The molecule has 2 rings (SSSR count). The number of aromatic nitrogens is 2. The van der Waals surface area contributed by atoms with Gasteiger partial charge in [0.25, 0.3) is 0 Å². The van der Waals surface area contributed by atoms with Crippen molar-refractivity contribution >= 4 is 27.5 Å². The van der Waals surface area contributed by atoms with Crippen LogP contribution < -0.4 is 5.73 Å². The Balaban J connectivity index is 2.35. The fraction of sp³-hybridized carbons (Fsp3) is 0.182. The van der Waals surface area contributed by atoms with Crippen LogP contribution >= 0.6 is 27.5 Å². The van der Waals surface area contributed by atoms with E-state index in [4.69, 9.17) is 17.3 Å². The number of H-pyrrole nitrogens is 1. The van der Waals surface area contributed by atoms with Crippen molar-refractivity contribution in [2.45, 2.75) is 6.42 Å². The summed E-state index contributed by atoms with van der Waals surface area (Å²) in [6.07, 6.45) is 0.793. The van der Waals surface area contributed by atoms with E-state index in [-0.39, 0.29) is 0 Å². The van der Waals surface area contributed by atoms with Crippen LogP contribution in [0.4, 0.5) is 0 Å². The van der Waals surface area contributed by atoms with Gasteiger partial charge in [0.15, 0.2) is 0 Å². The maximum absolute atomic E-state index is 6.14. The van der Waals surface area contributed by atoms with Gasteiger partial charge in [0.1, 0.15) is 0 Å². The van der Waals surface area contributed by atoms with Crippen LogP contribution in [0.25, 0.3) is 11.3 Å². The number of nitrogens with zero attached hydrogens (tertiary/aromatic N) is 1. The van der Waals surface area contributed by atoms with E-state index >= 15 is 0 Å². The molecule has 0 saturated carbocycles. The molecular weight excluding hydrogens is 289 g/mol. The normalized spacial score (nSPS) is 10.7. The molecule has 5 heteroatoms. The van der Waals surface area contributed by atoms with Crippen molar-refractivity contribution in [3.63, 3.8) is 0 Å². The van der Waals surface area contributed by atoms with Crippen LogP contribution in [-0.4, -0.2) is 16.7 Å². The van der Waals surface area contributed by atoms with Crippen molar-refractivity contribution in [3.05, 3.63) is 39.5 Å². The Morgan fingerprint density at radius 2 is 2.19 bits per heavy atom. The lowest BCUT2D eigenvalue weighted by Gasteiger charge is -2.00. The third kappa shape index (κ3) is 2.45. The molecule has 0 aliphatic carbocycles. The van der Waals surface area contributed by atoms with Gasteiger partial charge in [-0.25, -0.2) is 0 Å². The molecule has 0 radical (unpaired) electrons. The summed E-state index contributed by atoms with van der Waals surface area (Å²) in [5, 5.41) is 7.84. The van der Waals surface area contributed by atoms with E-state index in [0.717, 1.165) is 27.8 Å². The predicted molar refractivity (Wildman–Crippen MR) is 69.5 cm³/mol. The van der Waals surface area contributed by atoms with Gasteiger partial charge in [-0.3, -0.25) is 5.10 Å². The highest BCUT2D eigenvalue weighted by Crippen LogP contribution is 2.29. The predicted octanol–water partition coefficient (Wildman–Crippen LogP) is 2.99. The highest BCUT2D eigenvalue weighted by atomic mass is 79.9. The summed E-state index contributed by atoms with van der Waals surface area (Å²) in [5.74, 6) is 0. The van der Waals surface area contributed by atoms with E-state index in [0.29, 0.717) is 11.6 Å². The van der Waals surface area contributed by atoms with Gasteiger partial charge < -0.3 is 5.73 Å². The summed E-state index contributed by atoms with van der Waals surface area (Å²) in [7, 11) is 0. The minimum Gasteiger partial charge on any atom is -0.330 e. The van der Waals surface area contributed by atoms with Gasteiger partial charge in [-0.2, -0.15) is 5.10 Å². The molecule has 3 nitrogen and oxygen atoms in total. The van der Waals surface area contributed by atoms with Crippen LogP contribution in [0.5, 0.6) is 0 Å². The molecule has 0 saturated heterocycles. The Labute approximate surface area is 107 Å². The molecule has 0 bridgehead atoms. The van der Waals surface area contributed by atoms with Crippen LogP contribution in [-0.2, 0) is 6.42 Å². The molecule has 0 fully saturated rings. The lowest BCUT2D eigenvalue weighted by Crippen LogP contribution is -2.02. The minimum absolute atomic E-state index is 0.607. The van der Waals surface area contributed by atoms with Crippen LogP contribution in [0.1, 0.15) is 5.69 Å². The first-order chi connectivity index (χ1) is 7.70. The molecule has 0 amide bonds. The average molecular weight is 301 g/mol. The van der Waals surface area contributed by atoms with Gasteiger partial charge in [-0.05, 0) is 24.7 Å². The maximum atomic E-state index is 6.14. The maximum Gasteiger partial charge on any atom is 0.0938 e. The molecule has 0 aliphatic rings. The van der Waals surface area contributed by atoms with Crippen molar-refractivity contribution in [1.29, 1.82) is 0 Å². The summed E-state index contributed by atoms with van der Waals surface area (Å²) >= 11 is 9.51. The molecule has 84 valence electrons. The highest BCUT2D eigenvalue weighted by molar-refractivity contribution is 9.10. The van der Waals surface area contributed by atoms with Crippen molar-refractivity contribution in [1.82, 2.24) is 10.2 Å². The largest absolute Gasteiger partial charge is 0.330 e. The van der Waals surface area contributed by atoms with E-state index in [1.807, 2.05) is 24.3 Å². The van der Waals surface area contributed by atoms with E-state index in [9.17, 15) is 0 Å². The zero-order chi connectivity index (χ0) is 11.5. The summed E-state index contributed by atoms with van der Waals surface area (Å²) in [5.41, 5.74) is 8.27. The second-order valence-electron chi connectivity index (χ2n) is 3.44. The van der Waals surface area contributed by atoms with Crippen molar-refractivity contribution in [2.24, 2.45) is 5.73 Å². The first-order valence-electron chi connectivity index (χ1n) is 4.90. The van der Waals surface area contributed by atoms with Gasteiger partial charge >= 0.3 is 0 Å². The first kappa shape index (κ1) is 11.6. The van der Waals surface area contributed by atoms with Crippen LogP contribution in [0.15, 0.2) is 28.7 Å². The fourth-order valence-electron chi connectivity index (χ4n) is 1.48. The highest BCUT2D eigenvalue weighted by Gasteiger charge is 2.07. The third-order valence-electron chi connectivity index (χ3n) is 2.25. The number of rotatable bonds is 3. The van der Waals surface area contributed by atoms with E-state index in [2.05, 4.69) is 26.1 Å². The van der Waals surface area contributed by atoms with Crippen molar-refractivity contribution in [3.8, 4) is 11.3 Å². The number of hydrogen-bond donors (Lipinski definition) is 2. The molecule has 16 heavy (non-hydrogen) atoms. The van der Waals surface area contributed by atoms with Crippen LogP contribution in [0.2, 0.25) is 5.02 Å². The number of benzene rings is 1. The van der Waals surface area contributed by atoms with E-state index in [1.54, 1.807) is 0 Å². The third-order valence-corrected chi connectivity index (χ3v) is 3.06. The molecule has 0 atom stereocenters. The molecule has 3 N–H and O–H groups in total. The Hall–Kier alpha value is -0.840. The topological polar surface area (TPSA) is 54.7 Å². The van der Waals surface area contributed by atoms with Crippen molar-refractivity contribution in [2.75, 3.05) is 6.54 Å². The average Bonchev–Trinajstić information content (AvgIpc) is 2.67. The Bertz CT molecular complexity index is 496. The molecule has 0 aliphatic heterocycles. The van der Waals surface area contributed by atoms with Gasteiger partial charge in [0.2, 0.25) is 0 Å². The Kier molecular flexibility index (Phi) is 3.63. The smallest absolute Gasteiger partial charge is 0.0938 e. The van der Waals surface area contributed by atoms with Crippen molar-refractivity contribution < 1.29 is 0 Å². The lowest BCUT2D eigenvalue weighted by molar-refractivity contribution is 0.902. The Morgan fingerprint density at radius 1 is 1.38 bits per heavy atom. The SMILES string of the molecule is NCCc1cc(-c2ccc(Br)cc2Cl)n[nH]1. The van der Waals surface area contributed by atoms with Gasteiger partial charge in [-0.1, -0.05) is 33.6 Å². The number of nitrogens with two attached hydrogens (primary N) is 1. The second-order valence-corrected chi connectivity index (χ2v) is 4.76. The molecular formula is C11H11BrClN3. The number of halogens is 2. The zero-order valence-electron chi connectivity index (χ0n) is 8.50. The molecule has 1 heterocycles. The van der Waals surface area contributed by atoms with Gasteiger partial charge in [0.05, 0.1) is 10.7 Å². The zero-order valence-corrected chi connectivity index (χ0v) is 10.8. The molecule has 1 aromatic heterocycles. The van der Waals surface area contributed by atoms with Gasteiger partial charge in [-0.15, -0.1) is 0 Å². The monoisotopic (exact) mass is 299 g/mol. The lowest BCUT2D eigenvalue weighted by atomic mass is 10.1. The second kappa shape index (κ2) is 4.99. The first-order valence-corrected chi connectivity index (χ1v) is 6.07. The molecule has 0 unspecified atom stereocenters. The fourth-order valence-corrected chi connectivity index (χ4v) is 2.25. The standard InChI is InChI=1S/C11H11BrClN3/c12-7-1-2-9(10(13)5-7)11-6-8(3-4-14)15-16-11/h1-2,5-6H,3-4,14H2,(H,15,16). The van der Waals surface area contributed by atoms with Crippen LogP contribution in [0, 0.1) is 0 Å². The minimum atomic E-state index is 0.607. The molecule has 1 aromatic carbocycles. The van der Waals surface area contributed by atoms with E-state index < -0.39 is 0 Å². The molecule has 0 spiro atoms. The van der Waals surface area contributed by atoms with E-state index in [1.165, 1.54) is 0 Å². The van der Waals surface area contributed by atoms with Crippen LogP contribution in [0.3, 0.4) is 0 Å². The number of hydrogen-bond acceptors (Lipinski definition) is 2. The molecule has 2 aromatic rings. The Morgan fingerprint density at radius 3 is 2.88 bits per heavy atom. The summed E-state index contributed by atoms with van der Waals surface area (Å²) < 4.78 is 0.957. The number of nitrogens with one attached hydrogen (secondary N) is 1. The summed E-state index contributed by atoms with van der Waals surface area (Å²) in [6, 6.07) is 7.71. The quantitative estimate of drug-likeness (QED) is 0.915. The van der Waals surface area contributed by atoms with Gasteiger partial charge in [0, 0.05) is 22.2 Å². The summed E-state index contributed by atoms with van der Waals surface area (Å²) in [6.45, 7) is 0.607. The number of aromatic amines is 1.